The Morgan fingerprint density at radius 1 is 1.53 bits per heavy atom. The SMILES string of the molecule is N#Cc1cc(CN2CCCCC2C(=O)O)ccc1F. The summed E-state index contributed by atoms with van der Waals surface area (Å²) in [5.41, 5.74) is 0.771. The smallest absolute Gasteiger partial charge is 0.320 e. The number of carboxylic acid groups (broad SMARTS) is 1. The third-order valence-electron chi connectivity index (χ3n) is 3.44. The molecule has 0 bridgehead atoms. The second-order valence-electron chi connectivity index (χ2n) is 4.75. The molecule has 1 aliphatic heterocycles. The van der Waals surface area contributed by atoms with Gasteiger partial charge < -0.3 is 5.11 Å². The Labute approximate surface area is 111 Å². The fourth-order valence-corrected chi connectivity index (χ4v) is 2.45. The van der Waals surface area contributed by atoms with Crippen LogP contribution in [-0.4, -0.2) is 28.6 Å². The minimum atomic E-state index is -0.817. The highest BCUT2D eigenvalue weighted by atomic mass is 19.1. The molecule has 0 aliphatic carbocycles. The topological polar surface area (TPSA) is 64.3 Å². The van der Waals surface area contributed by atoms with Gasteiger partial charge in [0.2, 0.25) is 0 Å². The van der Waals surface area contributed by atoms with Gasteiger partial charge in [-0.1, -0.05) is 12.5 Å². The van der Waals surface area contributed by atoms with Crippen molar-refractivity contribution in [2.24, 2.45) is 0 Å². The Bertz CT molecular complexity index is 525. The number of likely N-dealkylation sites (tertiary alicyclic amines) is 1. The van der Waals surface area contributed by atoms with Crippen LogP contribution in [0.2, 0.25) is 0 Å². The highest BCUT2D eigenvalue weighted by molar-refractivity contribution is 5.73. The van der Waals surface area contributed by atoms with Gasteiger partial charge in [-0.3, -0.25) is 9.69 Å². The molecular formula is C14H15FN2O2. The van der Waals surface area contributed by atoms with Crippen LogP contribution in [0.4, 0.5) is 4.39 Å². The summed E-state index contributed by atoms with van der Waals surface area (Å²) in [4.78, 5) is 13.1. The van der Waals surface area contributed by atoms with Crippen LogP contribution in [0.1, 0.15) is 30.4 Å². The van der Waals surface area contributed by atoms with E-state index in [1.54, 1.807) is 12.1 Å². The summed E-state index contributed by atoms with van der Waals surface area (Å²) in [6.07, 6.45) is 2.53. The Morgan fingerprint density at radius 2 is 2.32 bits per heavy atom. The zero-order valence-electron chi connectivity index (χ0n) is 10.5. The number of hydrogen-bond acceptors (Lipinski definition) is 3. The molecule has 0 amide bonds. The molecule has 1 saturated heterocycles. The number of rotatable bonds is 3. The van der Waals surface area contributed by atoms with Crippen molar-refractivity contribution in [2.75, 3.05) is 6.54 Å². The largest absolute Gasteiger partial charge is 0.480 e. The number of piperidine rings is 1. The highest BCUT2D eigenvalue weighted by Crippen LogP contribution is 2.20. The van der Waals surface area contributed by atoms with Gasteiger partial charge in [0.15, 0.2) is 0 Å². The first-order chi connectivity index (χ1) is 9.11. The van der Waals surface area contributed by atoms with Gasteiger partial charge in [-0.2, -0.15) is 5.26 Å². The number of nitriles is 1. The predicted octanol–water partition coefficient (Wildman–Crippen LogP) is 2.14. The first-order valence-electron chi connectivity index (χ1n) is 6.27. The molecule has 1 fully saturated rings. The van der Waals surface area contributed by atoms with E-state index in [1.165, 1.54) is 12.1 Å². The standard InChI is InChI=1S/C14H15FN2O2/c15-12-5-4-10(7-11(12)8-16)9-17-6-2-1-3-13(17)14(18)19/h4-5,7,13H,1-3,6,9H2,(H,18,19). The molecule has 2 rings (SSSR count). The van der Waals surface area contributed by atoms with Gasteiger partial charge in [0, 0.05) is 6.54 Å². The molecule has 1 atom stereocenters. The highest BCUT2D eigenvalue weighted by Gasteiger charge is 2.28. The molecule has 4 nitrogen and oxygen atoms in total. The molecule has 1 unspecified atom stereocenters. The molecule has 0 radical (unpaired) electrons. The monoisotopic (exact) mass is 262 g/mol. The first kappa shape index (κ1) is 13.5. The summed E-state index contributed by atoms with van der Waals surface area (Å²) < 4.78 is 13.2. The lowest BCUT2D eigenvalue weighted by atomic mass is 10.0. The summed E-state index contributed by atoms with van der Waals surface area (Å²) in [7, 11) is 0. The minimum Gasteiger partial charge on any atom is -0.480 e. The molecule has 5 heteroatoms. The van der Waals surface area contributed by atoms with Crippen molar-refractivity contribution >= 4 is 5.97 Å². The van der Waals surface area contributed by atoms with Crippen molar-refractivity contribution in [1.29, 1.82) is 5.26 Å². The van der Waals surface area contributed by atoms with E-state index < -0.39 is 17.8 Å². The van der Waals surface area contributed by atoms with E-state index in [0.29, 0.717) is 13.0 Å². The summed E-state index contributed by atoms with van der Waals surface area (Å²) in [5, 5.41) is 18.0. The van der Waals surface area contributed by atoms with Crippen LogP contribution >= 0.6 is 0 Å². The summed E-state index contributed by atoms with van der Waals surface area (Å²) in [6, 6.07) is 5.66. The number of carbonyl (C=O) groups is 1. The van der Waals surface area contributed by atoms with Crippen LogP contribution in [0.3, 0.4) is 0 Å². The average Bonchev–Trinajstić information content (AvgIpc) is 2.41. The molecule has 0 spiro atoms. The number of carboxylic acids is 1. The average molecular weight is 262 g/mol. The van der Waals surface area contributed by atoms with Crippen molar-refractivity contribution in [3.05, 3.63) is 35.1 Å². The van der Waals surface area contributed by atoms with Crippen LogP contribution < -0.4 is 0 Å². The number of benzene rings is 1. The number of hydrogen-bond donors (Lipinski definition) is 1. The molecule has 1 aromatic rings. The van der Waals surface area contributed by atoms with Gasteiger partial charge in [-0.15, -0.1) is 0 Å². The first-order valence-corrected chi connectivity index (χ1v) is 6.27. The van der Waals surface area contributed by atoms with Gasteiger partial charge in [0.25, 0.3) is 0 Å². The summed E-state index contributed by atoms with van der Waals surface area (Å²) >= 11 is 0. The van der Waals surface area contributed by atoms with E-state index in [0.717, 1.165) is 24.9 Å². The van der Waals surface area contributed by atoms with Crippen molar-refractivity contribution in [2.45, 2.75) is 31.8 Å². The Balaban J connectivity index is 2.15. The summed E-state index contributed by atoms with van der Waals surface area (Å²) in [5.74, 6) is -1.36. The van der Waals surface area contributed by atoms with Gasteiger partial charge >= 0.3 is 5.97 Å². The maximum Gasteiger partial charge on any atom is 0.320 e. The molecule has 1 aliphatic rings. The lowest BCUT2D eigenvalue weighted by molar-refractivity contribution is -0.144. The maximum absolute atomic E-state index is 13.2. The zero-order chi connectivity index (χ0) is 13.8. The summed E-state index contributed by atoms with van der Waals surface area (Å²) in [6.45, 7) is 1.15. The number of aliphatic carboxylic acids is 1. The van der Waals surface area contributed by atoms with Crippen LogP contribution in [0.15, 0.2) is 18.2 Å². The number of halogens is 1. The van der Waals surface area contributed by atoms with Crippen molar-refractivity contribution < 1.29 is 14.3 Å². The lowest BCUT2D eigenvalue weighted by Gasteiger charge is -2.32. The molecule has 0 aromatic heterocycles. The van der Waals surface area contributed by atoms with Crippen LogP contribution in [-0.2, 0) is 11.3 Å². The normalized spacial score (nSPS) is 19.9. The van der Waals surface area contributed by atoms with Crippen molar-refractivity contribution in [3.63, 3.8) is 0 Å². The van der Waals surface area contributed by atoms with Crippen molar-refractivity contribution in [1.82, 2.24) is 4.90 Å². The van der Waals surface area contributed by atoms with E-state index in [-0.39, 0.29) is 5.56 Å². The predicted molar refractivity (Wildman–Crippen MR) is 66.8 cm³/mol. The van der Waals surface area contributed by atoms with Gasteiger partial charge in [-0.25, -0.2) is 4.39 Å². The van der Waals surface area contributed by atoms with E-state index in [4.69, 9.17) is 5.26 Å². The van der Waals surface area contributed by atoms with E-state index in [1.807, 2.05) is 4.90 Å². The molecule has 0 saturated carbocycles. The second kappa shape index (κ2) is 5.81. The Hall–Kier alpha value is -1.93. The Morgan fingerprint density at radius 3 is 3.00 bits per heavy atom. The lowest BCUT2D eigenvalue weighted by Crippen LogP contribution is -2.44. The number of nitrogens with zero attached hydrogens (tertiary/aromatic N) is 2. The van der Waals surface area contributed by atoms with E-state index in [2.05, 4.69) is 0 Å². The molecule has 1 aromatic carbocycles. The second-order valence-corrected chi connectivity index (χ2v) is 4.75. The van der Waals surface area contributed by atoms with Gasteiger partial charge in [0.1, 0.15) is 17.9 Å². The van der Waals surface area contributed by atoms with Crippen LogP contribution in [0, 0.1) is 17.1 Å². The van der Waals surface area contributed by atoms with Gasteiger partial charge in [0.05, 0.1) is 5.56 Å². The van der Waals surface area contributed by atoms with E-state index >= 15 is 0 Å². The van der Waals surface area contributed by atoms with Crippen LogP contribution in [0.5, 0.6) is 0 Å². The zero-order valence-corrected chi connectivity index (χ0v) is 10.5. The molecule has 1 heterocycles. The quantitative estimate of drug-likeness (QED) is 0.906. The fraction of sp³-hybridized carbons (Fsp3) is 0.429. The van der Waals surface area contributed by atoms with Crippen molar-refractivity contribution in [3.8, 4) is 6.07 Å². The third kappa shape index (κ3) is 3.09. The van der Waals surface area contributed by atoms with E-state index in [9.17, 15) is 14.3 Å². The molecule has 19 heavy (non-hydrogen) atoms. The molecular weight excluding hydrogens is 247 g/mol. The van der Waals surface area contributed by atoms with Gasteiger partial charge in [-0.05, 0) is 37.1 Å². The van der Waals surface area contributed by atoms with Crippen LogP contribution in [0.25, 0.3) is 0 Å². The maximum atomic E-state index is 13.2. The third-order valence-corrected chi connectivity index (χ3v) is 3.44. The molecule has 100 valence electrons. The Kier molecular flexibility index (Phi) is 4.13. The minimum absolute atomic E-state index is 0.00128. The molecule has 1 N–H and O–H groups in total. The fourth-order valence-electron chi connectivity index (χ4n) is 2.45.